The number of nitrogen functional groups attached to an aromatic ring is 1. The van der Waals surface area contributed by atoms with E-state index in [2.05, 4.69) is 20.4 Å². The number of thiazole rings is 2. The zero-order valence-electron chi connectivity index (χ0n) is 17.2. The number of aliphatic carboxylic acids is 1. The van der Waals surface area contributed by atoms with Crippen LogP contribution in [0.1, 0.15) is 16.4 Å². The molecule has 0 spiro atoms. The number of carboxylic acids is 1. The molecule has 0 radical (unpaired) electrons. The predicted octanol–water partition coefficient (Wildman–Crippen LogP) is 0.524. The molecule has 12 nitrogen and oxygen atoms in total. The number of thioether (sulfide) groups is 2. The van der Waals surface area contributed by atoms with Crippen LogP contribution in [0.2, 0.25) is 0 Å². The summed E-state index contributed by atoms with van der Waals surface area (Å²) >= 11 is 5.09. The van der Waals surface area contributed by atoms with E-state index in [-0.39, 0.29) is 23.1 Å². The fourth-order valence-corrected chi connectivity index (χ4v) is 7.18. The van der Waals surface area contributed by atoms with Crippen molar-refractivity contribution in [2.75, 3.05) is 17.2 Å². The number of carbonyl (C=O) groups excluding carboxylic acids is 2. The number of hydrogen-bond acceptors (Lipinski definition) is 13. The molecule has 180 valence electrons. The first-order valence-corrected chi connectivity index (χ1v) is 13.5. The molecule has 2 aromatic rings. The number of β-lactam (4-membered cyclic amide) rings is 1. The van der Waals surface area contributed by atoms with Crippen LogP contribution in [0.25, 0.3) is 0 Å². The van der Waals surface area contributed by atoms with Gasteiger partial charge in [0, 0.05) is 27.2 Å². The van der Waals surface area contributed by atoms with Gasteiger partial charge in [-0.05, 0) is 6.42 Å². The number of aryl methyl sites for hydroxylation is 1. The summed E-state index contributed by atoms with van der Waals surface area (Å²) in [5, 5.41) is 37.1. The summed E-state index contributed by atoms with van der Waals surface area (Å²) in [5.41, 5.74) is 5.94. The summed E-state index contributed by atoms with van der Waals surface area (Å²) in [6.07, 6.45) is 0.586. The van der Waals surface area contributed by atoms with E-state index in [9.17, 15) is 24.7 Å². The summed E-state index contributed by atoms with van der Waals surface area (Å²) in [6, 6.07) is -0.974. The minimum atomic E-state index is -1.22. The highest BCUT2D eigenvalue weighted by atomic mass is 32.2. The van der Waals surface area contributed by atoms with Gasteiger partial charge in [-0.2, -0.15) is 0 Å². The van der Waals surface area contributed by atoms with Gasteiger partial charge in [-0.25, -0.2) is 14.8 Å². The molecule has 1 saturated heterocycles. The van der Waals surface area contributed by atoms with Crippen molar-refractivity contribution in [3.8, 4) is 0 Å². The van der Waals surface area contributed by atoms with E-state index < -0.39 is 34.9 Å². The second kappa shape index (κ2) is 10.3. The maximum atomic E-state index is 12.8. The lowest BCUT2D eigenvalue weighted by atomic mass is 10.0. The molecule has 2 aliphatic heterocycles. The van der Waals surface area contributed by atoms with Gasteiger partial charge in [-0.15, -0.1) is 46.2 Å². The minimum Gasteiger partial charge on any atom is -0.477 e. The van der Waals surface area contributed by atoms with Gasteiger partial charge in [-0.1, -0.05) is 5.16 Å². The predicted molar refractivity (Wildman–Crippen MR) is 129 cm³/mol. The van der Waals surface area contributed by atoms with Gasteiger partial charge in [0.2, 0.25) is 0 Å². The topological polar surface area (TPSA) is 191 Å². The third-order valence-electron chi connectivity index (χ3n) is 4.87. The van der Waals surface area contributed by atoms with Crippen molar-refractivity contribution in [1.82, 2.24) is 20.2 Å². The van der Waals surface area contributed by atoms with E-state index in [0.717, 1.165) is 17.0 Å². The zero-order valence-corrected chi connectivity index (χ0v) is 20.5. The molecule has 0 aromatic carbocycles. The molecule has 1 fully saturated rings. The average molecular weight is 543 g/mol. The number of aromatic nitrogens is 2. The van der Waals surface area contributed by atoms with E-state index in [4.69, 9.17) is 10.8 Å². The summed E-state index contributed by atoms with van der Waals surface area (Å²) in [7, 11) is 0. The van der Waals surface area contributed by atoms with Crippen molar-refractivity contribution in [2.45, 2.75) is 24.4 Å². The van der Waals surface area contributed by atoms with Gasteiger partial charge in [0.25, 0.3) is 11.8 Å². The molecule has 0 bridgehead atoms. The molecule has 2 amide bonds. The monoisotopic (exact) mass is 542 g/mol. The Morgan fingerprint density at radius 2 is 2.12 bits per heavy atom. The highest BCUT2D eigenvalue weighted by Gasteiger charge is 2.54. The molecular weight excluding hydrogens is 525 g/mol. The first-order valence-electron chi connectivity index (χ1n) is 9.66. The summed E-state index contributed by atoms with van der Waals surface area (Å²) < 4.78 is 0. The molecule has 0 saturated carbocycles. The second-order valence-corrected chi connectivity index (χ2v) is 11.1. The molecule has 0 unspecified atom stereocenters. The smallest absolute Gasteiger partial charge is 0.353 e. The van der Waals surface area contributed by atoms with E-state index in [0.29, 0.717) is 27.8 Å². The molecule has 0 aliphatic carbocycles. The number of aliphatic hydroxyl groups is 1. The second-order valence-electron chi connectivity index (χ2n) is 6.95. The van der Waals surface area contributed by atoms with Crippen LogP contribution in [0.5, 0.6) is 0 Å². The Morgan fingerprint density at radius 1 is 1.32 bits per heavy atom. The normalized spacial score (nSPS) is 20.2. The third kappa shape index (κ3) is 4.76. The van der Waals surface area contributed by atoms with Gasteiger partial charge in [-0.3, -0.25) is 14.5 Å². The number of nitrogens with zero attached hydrogens (tertiary/aromatic N) is 4. The molecule has 6 N–H and O–H groups in total. The SMILES string of the molecule is Nc1nc(/C(=N/O)C(=O)N[C@@H]2C(=O)N3C(C(=O)O)=C(SCCc4csc(CO)n4)CS[C@H]23)cs1. The number of rotatable bonds is 9. The summed E-state index contributed by atoms with van der Waals surface area (Å²) in [5.74, 6) is -1.70. The number of hydrogen-bond donors (Lipinski definition) is 5. The average Bonchev–Trinajstić information content (AvgIpc) is 3.46. The number of aliphatic hydroxyl groups excluding tert-OH is 1. The number of nitrogens with two attached hydrogens (primary N) is 1. The lowest BCUT2D eigenvalue weighted by Crippen LogP contribution is -2.71. The fraction of sp³-hybridized carbons (Fsp3) is 0.333. The van der Waals surface area contributed by atoms with Crippen LogP contribution in [-0.2, 0) is 27.4 Å². The number of fused-ring (bicyclic) bond motifs is 1. The molecular formula is C18H18N6O6S4. The number of nitrogens with one attached hydrogen (secondary N) is 1. The van der Waals surface area contributed by atoms with Crippen LogP contribution in [0, 0.1) is 0 Å². The number of carboxylic acid groups (broad SMARTS) is 1. The van der Waals surface area contributed by atoms with Crippen molar-refractivity contribution >= 4 is 74.8 Å². The first kappa shape index (κ1) is 24.5. The Hall–Kier alpha value is -2.66. The van der Waals surface area contributed by atoms with Crippen LogP contribution in [0.4, 0.5) is 5.13 Å². The van der Waals surface area contributed by atoms with E-state index in [1.54, 1.807) is 0 Å². The van der Waals surface area contributed by atoms with Crippen LogP contribution < -0.4 is 11.1 Å². The van der Waals surface area contributed by atoms with Gasteiger partial charge >= 0.3 is 5.97 Å². The molecule has 2 aliphatic rings. The Kier molecular flexibility index (Phi) is 7.42. The minimum absolute atomic E-state index is 0.0680. The number of anilines is 1. The zero-order chi connectivity index (χ0) is 24.4. The summed E-state index contributed by atoms with van der Waals surface area (Å²) in [4.78, 5) is 47.2. The molecule has 4 rings (SSSR count). The lowest BCUT2D eigenvalue weighted by Gasteiger charge is -2.49. The van der Waals surface area contributed by atoms with E-state index in [1.165, 1.54) is 45.1 Å². The molecule has 2 atom stereocenters. The van der Waals surface area contributed by atoms with Crippen LogP contribution in [-0.4, -0.2) is 76.7 Å². The fourth-order valence-electron chi connectivity index (χ4n) is 3.34. The standard InChI is InChI=1S/C18H18N6O6S4/c19-18-21-8(5-34-18)11(23-30)14(26)22-12-15(27)24-13(17(28)29)9(6-33-16(12)24)31-2-1-7-4-32-10(3-25)20-7/h4-5,12,16,25,30H,1-3,6H2,(H2,19,21)(H,22,26)(H,28,29)/b23-11-/t12-,16-/m1/s1. The van der Waals surface area contributed by atoms with Gasteiger partial charge < -0.3 is 26.5 Å². The van der Waals surface area contributed by atoms with Gasteiger partial charge in [0.1, 0.15) is 27.8 Å². The molecule has 34 heavy (non-hydrogen) atoms. The molecule has 16 heteroatoms. The van der Waals surface area contributed by atoms with Gasteiger partial charge in [0.05, 0.1) is 12.3 Å². The number of carbonyl (C=O) groups is 3. The Bertz CT molecular complexity index is 1190. The van der Waals surface area contributed by atoms with Crippen LogP contribution in [0.15, 0.2) is 26.5 Å². The Morgan fingerprint density at radius 3 is 2.74 bits per heavy atom. The largest absolute Gasteiger partial charge is 0.477 e. The highest BCUT2D eigenvalue weighted by molar-refractivity contribution is 8.06. The maximum absolute atomic E-state index is 12.8. The maximum Gasteiger partial charge on any atom is 0.353 e. The van der Waals surface area contributed by atoms with Crippen molar-refractivity contribution in [3.05, 3.63) is 37.8 Å². The van der Waals surface area contributed by atoms with E-state index in [1.807, 2.05) is 5.38 Å². The van der Waals surface area contributed by atoms with E-state index >= 15 is 0 Å². The van der Waals surface area contributed by atoms with Crippen molar-refractivity contribution < 1.29 is 29.8 Å². The third-order valence-corrected chi connectivity index (χ3v) is 8.98. The van der Waals surface area contributed by atoms with Gasteiger partial charge in [0.15, 0.2) is 10.8 Å². The lowest BCUT2D eigenvalue weighted by molar-refractivity contribution is -0.150. The van der Waals surface area contributed by atoms with Crippen molar-refractivity contribution in [3.63, 3.8) is 0 Å². The number of amides is 2. The Labute approximate surface area is 208 Å². The van der Waals surface area contributed by atoms with Crippen LogP contribution in [0.3, 0.4) is 0 Å². The van der Waals surface area contributed by atoms with Crippen molar-refractivity contribution in [2.24, 2.45) is 5.16 Å². The summed E-state index contributed by atoms with van der Waals surface area (Å²) in [6.45, 7) is -0.123. The van der Waals surface area contributed by atoms with Crippen molar-refractivity contribution in [1.29, 1.82) is 0 Å². The molecule has 4 heterocycles. The Balaban J connectivity index is 1.42. The number of oxime groups is 1. The molecule has 2 aromatic heterocycles. The van der Waals surface area contributed by atoms with Crippen LogP contribution >= 0.6 is 46.2 Å². The quantitative estimate of drug-likeness (QED) is 0.128. The first-order chi connectivity index (χ1) is 16.3. The highest BCUT2D eigenvalue weighted by Crippen LogP contribution is 2.43.